The Morgan fingerprint density at radius 2 is 2.32 bits per heavy atom. The van der Waals surface area contributed by atoms with Gasteiger partial charge in [0.05, 0.1) is 11.4 Å². The average molecular weight is 294 g/mol. The SMILES string of the molecule is CC1SCCCC1Nc1ccc2c(c1)NC(=O)CS2. The largest absolute Gasteiger partial charge is 0.381 e. The molecule has 2 aliphatic rings. The van der Waals surface area contributed by atoms with Crippen molar-refractivity contribution in [2.45, 2.75) is 36.0 Å². The third kappa shape index (κ3) is 3.03. The lowest BCUT2D eigenvalue weighted by Gasteiger charge is -2.30. The molecule has 2 atom stereocenters. The fourth-order valence-electron chi connectivity index (χ4n) is 2.50. The van der Waals surface area contributed by atoms with Crippen LogP contribution in [0.4, 0.5) is 11.4 Å². The van der Waals surface area contributed by atoms with Gasteiger partial charge in [0.15, 0.2) is 0 Å². The molecule has 1 saturated heterocycles. The van der Waals surface area contributed by atoms with Crippen LogP contribution in [0, 0.1) is 0 Å². The van der Waals surface area contributed by atoms with Crippen molar-refractivity contribution in [1.82, 2.24) is 0 Å². The molecular formula is C14H18N2OS2. The van der Waals surface area contributed by atoms with E-state index < -0.39 is 0 Å². The molecule has 1 fully saturated rings. The van der Waals surface area contributed by atoms with Crippen LogP contribution in [-0.4, -0.2) is 28.7 Å². The molecule has 0 aliphatic carbocycles. The van der Waals surface area contributed by atoms with Gasteiger partial charge in [0.1, 0.15) is 0 Å². The Hall–Kier alpha value is -0.810. The molecule has 1 aromatic carbocycles. The normalized spacial score (nSPS) is 26.5. The number of rotatable bonds is 2. The Morgan fingerprint density at radius 3 is 3.16 bits per heavy atom. The minimum absolute atomic E-state index is 0.0937. The maximum absolute atomic E-state index is 11.4. The molecule has 19 heavy (non-hydrogen) atoms. The molecule has 2 N–H and O–H groups in total. The van der Waals surface area contributed by atoms with E-state index in [1.807, 2.05) is 11.8 Å². The van der Waals surface area contributed by atoms with Crippen molar-refractivity contribution in [3.63, 3.8) is 0 Å². The lowest BCUT2D eigenvalue weighted by Crippen LogP contribution is -2.32. The van der Waals surface area contributed by atoms with E-state index in [-0.39, 0.29) is 5.91 Å². The van der Waals surface area contributed by atoms with E-state index >= 15 is 0 Å². The van der Waals surface area contributed by atoms with Crippen molar-refractivity contribution < 1.29 is 4.79 Å². The van der Waals surface area contributed by atoms with E-state index in [0.29, 0.717) is 17.0 Å². The van der Waals surface area contributed by atoms with Crippen LogP contribution in [0.15, 0.2) is 23.1 Å². The summed E-state index contributed by atoms with van der Waals surface area (Å²) in [6.45, 7) is 2.29. The van der Waals surface area contributed by atoms with Gasteiger partial charge in [0.2, 0.25) is 5.91 Å². The zero-order valence-electron chi connectivity index (χ0n) is 10.9. The maximum Gasteiger partial charge on any atom is 0.234 e. The van der Waals surface area contributed by atoms with Gasteiger partial charge in [0, 0.05) is 21.9 Å². The van der Waals surface area contributed by atoms with Crippen molar-refractivity contribution in [3.8, 4) is 0 Å². The molecule has 0 bridgehead atoms. The second kappa shape index (κ2) is 5.67. The Kier molecular flexibility index (Phi) is 3.93. The molecule has 0 spiro atoms. The number of amides is 1. The number of carbonyl (C=O) groups is 1. The summed E-state index contributed by atoms with van der Waals surface area (Å²) in [5.41, 5.74) is 2.06. The summed E-state index contributed by atoms with van der Waals surface area (Å²) in [6.07, 6.45) is 2.51. The van der Waals surface area contributed by atoms with Crippen LogP contribution < -0.4 is 10.6 Å². The quantitative estimate of drug-likeness (QED) is 0.877. The van der Waals surface area contributed by atoms with Crippen molar-refractivity contribution in [1.29, 1.82) is 0 Å². The summed E-state index contributed by atoms with van der Waals surface area (Å²) >= 11 is 3.65. The van der Waals surface area contributed by atoms with E-state index in [9.17, 15) is 4.79 Å². The molecule has 0 aromatic heterocycles. The molecule has 3 rings (SSSR count). The Morgan fingerprint density at radius 1 is 1.42 bits per heavy atom. The second-order valence-electron chi connectivity index (χ2n) is 5.02. The highest BCUT2D eigenvalue weighted by molar-refractivity contribution is 8.00. The van der Waals surface area contributed by atoms with Crippen molar-refractivity contribution in [2.24, 2.45) is 0 Å². The van der Waals surface area contributed by atoms with Gasteiger partial charge in [-0.05, 0) is 36.8 Å². The van der Waals surface area contributed by atoms with Gasteiger partial charge in [-0.1, -0.05) is 6.92 Å². The standard InChI is InChI=1S/C14H18N2OS2/c1-9-11(3-2-6-18-9)15-10-4-5-13-12(7-10)16-14(17)8-19-13/h4-5,7,9,11,15H,2-3,6,8H2,1H3,(H,16,17). The van der Waals surface area contributed by atoms with Gasteiger partial charge in [-0.15, -0.1) is 11.8 Å². The van der Waals surface area contributed by atoms with Crippen LogP contribution >= 0.6 is 23.5 Å². The van der Waals surface area contributed by atoms with Gasteiger partial charge in [-0.2, -0.15) is 11.8 Å². The number of hydrogen-bond donors (Lipinski definition) is 2. The van der Waals surface area contributed by atoms with Crippen LogP contribution in [0.3, 0.4) is 0 Å². The number of anilines is 2. The zero-order chi connectivity index (χ0) is 13.2. The molecule has 0 saturated carbocycles. The van der Waals surface area contributed by atoms with Gasteiger partial charge >= 0.3 is 0 Å². The van der Waals surface area contributed by atoms with E-state index in [1.54, 1.807) is 11.8 Å². The molecule has 3 nitrogen and oxygen atoms in total. The summed E-state index contributed by atoms with van der Waals surface area (Å²) in [5, 5.41) is 7.20. The Balaban J connectivity index is 1.74. The average Bonchev–Trinajstić information content (AvgIpc) is 2.41. The first-order valence-electron chi connectivity index (χ1n) is 6.67. The van der Waals surface area contributed by atoms with Gasteiger partial charge in [-0.25, -0.2) is 0 Å². The van der Waals surface area contributed by atoms with E-state index in [1.165, 1.54) is 18.6 Å². The Bertz CT molecular complexity index is 492. The maximum atomic E-state index is 11.4. The van der Waals surface area contributed by atoms with Gasteiger partial charge in [0.25, 0.3) is 0 Å². The number of carbonyl (C=O) groups excluding carboxylic acids is 1. The predicted octanol–water partition coefficient (Wildman–Crippen LogP) is 3.43. The molecule has 102 valence electrons. The van der Waals surface area contributed by atoms with Crippen molar-refractivity contribution >= 4 is 40.8 Å². The highest BCUT2D eigenvalue weighted by atomic mass is 32.2. The minimum Gasteiger partial charge on any atom is -0.381 e. The van der Waals surface area contributed by atoms with Crippen molar-refractivity contribution in [3.05, 3.63) is 18.2 Å². The van der Waals surface area contributed by atoms with Crippen molar-refractivity contribution in [2.75, 3.05) is 22.1 Å². The fraction of sp³-hybridized carbons (Fsp3) is 0.500. The summed E-state index contributed by atoms with van der Waals surface area (Å²) in [4.78, 5) is 12.6. The topological polar surface area (TPSA) is 41.1 Å². The summed E-state index contributed by atoms with van der Waals surface area (Å²) in [5.74, 6) is 1.89. The number of hydrogen-bond acceptors (Lipinski definition) is 4. The highest BCUT2D eigenvalue weighted by Gasteiger charge is 2.22. The molecule has 2 aliphatic heterocycles. The first kappa shape index (κ1) is 13.2. The molecule has 1 aromatic rings. The summed E-state index contributed by atoms with van der Waals surface area (Å²) < 4.78 is 0. The summed E-state index contributed by atoms with van der Waals surface area (Å²) in [6, 6.07) is 6.81. The van der Waals surface area contributed by atoms with E-state index in [4.69, 9.17) is 0 Å². The number of fused-ring (bicyclic) bond motifs is 1. The van der Waals surface area contributed by atoms with Crippen LogP contribution in [-0.2, 0) is 4.79 Å². The molecule has 1 amide bonds. The lowest BCUT2D eigenvalue weighted by atomic mass is 10.1. The molecular weight excluding hydrogens is 276 g/mol. The second-order valence-corrected chi connectivity index (χ2v) is 7.52. The molecule has 2 unspecified atom stereocenters. The molecule has 2 heterocycles. The first-order chi connectivity index (χ1) is 9.22. The van der Waals surface area contributed by atoms with Gasteiger partial charge in [-0.3, -0.25) is 4.79 Å². The fourth-order valence-corrected chi connectivity index (χ4v) is 4.43. The highest BCUT2D eigenvalue weighted by Crippen LogP contribution is 2.34. The van der Waals surface area contributed by atoms with E-state index in [2.05, 4.69) is 35.8 Å². The third-order valence-electron chi connectivity index (χ3n) is 3.57. The zero-order valence-corrected chi connectivity index (χ0v) is 12.6. The van der Waals surface area contributed by atoms with Crippen LogP contribution in [0.2, 0.25) is 0 Å². The van der Waals surface area contributed by atoms with Crippen LogP contribution in [0.1, 0.15) is 19.8 Å². The number of thioether (sulfide) groups is 2. The first-order valence-corrected chi connectivity index (χ1v) is 8.70. The monoisotopic (exact) mass is 294 g/mol. The third-order valence-corrected chi connectivity index (χ3v) is 6.02. The van der Waals surface area contributed by atoms with Gasteiger partial charge < -0.3 is 10.6 Å². The lowest BCUT2D eigenvalue weighted by molar-refractivity contribution is -0.113. The van der Waals surface area contributed by atoms with E-state index in [0.717, 1.165) is 16.3 Å². The predicted molar refractivity (Wildman–Crippen MR) is 84.4 cm³/mol. The number of nitrogens with one attached hydrogen (secondary N) is 2. The Labute approximate surface area is 122 Å². The molecule has 0 radical (unpaired) electrons. The summed E-state index contributed by atoms with van der Waals surface area (Å²) in [7, 11) is 0. The molecule has 5 heteroatoms. The number of benzene rings is 1. The van der Waals surface area contributed by atoms with Crippen LogP contribution in [0.25, 0.3) is 0 Å². The minimum atomic E-state index is 0.0937. The van der Waals surface area contributed by atoms with Crippen LogP contribution in [0.5, 0.6) is 0 Å². The smallest absolute Gasteiger partial charge is 0.234 e.